The zero-order valence-electron chi connectivity index (χ0n) is 9.48. The molecule has 0 radical (unpaired) electrons. The average Bonchev–Trinajstić information content (AvgIpc) is 2.71. The molecule has 1 aromatic rings. The fourth-order valence-electron chi connectivity index (χ4n) is 2.42. The number of nitrogens with one attached hydrogen (secondary N) is 1. The van der Waals surface area contributed by atoms with Crippen molar-refractivity contribution in [2.24, 2.45) is 5.92 Å². The predicted octanol–water partition coefficient (Wildman–Crippen LogP) is 1.08. The van der Waals surface area contributed by atoms with Crippen molar-refractivity contribution in [3.63, 3.8) is 0 Å². The van der Waals surface area contributed by atoms with Crippen LogP contribution in [0, 0.1) is 5.92 Å². The first kappa shape index (κ1) is 10.9. The fraction of sp³-hybridized carbons (Fsp3) is 0.500. The summed E-state index contributed by atoms with van der Waals surface area (Å²) >= 11 is 0. The van der Waals surface area contributed by atoms with Crippen LogP contribution in [0.15, 0.2) is 18.2 Å². The molecule has 4 nitrogen and oxygen atoms in total. The van der Waals surface area contributed by atoms with Gasteiger partial charge in [-0.15, -0.1) is 0 Å². The highest BCUT2D eigenvalue weighted by atomic mass is 32.2. The smallest absolute Gasteiger partial charge is 0.151 e. The Kier molecular flexibility index (Phi) is 2.50. The Morgan fingerprint density at radius 3 is 2.94 bits per heavy atom. The lowest BCUT2D eigenvalue weighted by Gasteiger charge is -2.25. The first-order valence-electron chi connectivity index (χ1n) is 5.83. The van der Waals surface area contributed by atoms with E-state index < -0.39 is 9.84 Å². The van der Waals surface area contributed by atoms with Crippen molar-refractivity contribution in [3.05, 3.63) is 23.8 Å². The van der Waals surface area contributed by atoms with Crippen molar-refractivity contribution in [1.82, 2.24) is 0 Å². The van der Waals surface area contributed by atoms with Crippen LogP contribution >= 0.6 is 0 Å². The van der Waals surface area contributed by atoms with E-state index in [1.54, 1.807) is 0 Å². The largest absolute Gasteiger partial charge is 0.493 e. The second kappa shape index (κ2) is 3.91. The molecule has 5 heteroatoms. The normalized spacial score (nSPS) is 21.4. The summed E-state index contributed by atoms with van der Waals surface area (Å²) in [6, 6.07) is 5.96. The van der Waals surface area contributed by atoms with E-state index >= 15 is 0 Å². The van der Waals surface area contributed by atoms with Gasteiger partial charge in [-0.3, -0.25) is 0 Å². The van der Waals surface area contributed by atoms with Crippen molar-refractivity contribution in [1.29, 1.82) is 0 Å². The lowest BCUT2D eigenvalue weighted by Crippen LogP contribution is -2.39. The molecule has 0 saturated carbocycles. The highest BCUT2D eigenvalue weighted by Crippen LogP contribution is 2.31. The van der Waals surface area contributed by atoms with Crippen molar-refractivity contribution in [2.45, 2.75) is 6.42 Å². The quantitative estimate of drug-likeness (QED) is 0.875. The maximum absolute atomic E-state index is 11.0. The van der Waals surface area contributed by atoms with Gasteiger partial charge in [-0.1, -0.05) is 6.07 Å². The summed E-state index contributed by atoms with van der Waals surface area (Å²) < 4.78 is 27.8. The molecule has 2 aliphatic heterocycles. The molecule has 1 saturated heterocycles. The van der Waals surface area contributed by atoms with E-state index in [-0.39, 0.29) is 17.4 Å². The lowest BCUT2D eigenvalue weighted by molar-refractivity contribution is 0.262. The van der Waals surface area contributed by atoms with E-state index in [2.05, 4.69) is 5.32 Å². The van der Waals surface area contributed by atoms with Crippen molar-refractivity contribution >= 4 is 15.5 Å². The Morgan fingerprint density at radius 2 is 2.18 bits per heavy atom. The minimum absolute atomic E-state index is 0.171. The van der Waals surface area contributed by atoms with Crippen LogP contribution in [-0.2, 0) is 16.3 Å². The van der Waals surface area contributed by atoms with Crippen LogP contribution < -0.4 is 10.1 Å². The summed E-state index contributed by atoms with van der Waals surface area (Å²) in [5.74, 6) is 1.63. The number of fused-ring (bicyclic) bond motifs is 1. The van der Waals surface area contributed by atoms with Crippen LogP contribution in [0.4, 0.5) is 5.69 Å². The van der Waals surface area contributed by atoms with Gasteiger partial charge in [0.1, 0.15) is 5.75 Å². The first-order chi connectivity index (χ1) is 8.14. The highest BCUT2D eigenvalue weighted by molar-refractivity contribution is 7.92. The fourth-order valence-corrected chi connectivity index (χ4v) is 3.95. The van der Waals surface area contributed by atoms with E-state index in [4.69, 9.17) is 4.74 Å². The van der Waals surface area contributed by atoms with E-state index in [1.807, 2.05) is 18.2 Å². The summed E-state index contributed by atoms with van der Waals surface area (Å²) in [4.78, 5) is 0. The Bertz CT molecular complexity index is 527. The summed E-state index contributed by atoms with van der Waals surface area (Å²) in [5, 5.41) is 3.29. The van der Waals surface area contributed by atoms with Crippen LogP contribution in [0.25, 0.3) is 0 Å². The van der Waals surface area contributed by atoms with Crippen molar-refractivity contribution < 1.29 is 13.2 Å². The molecule has 3 rings (SSSR count). The summed E-state index contributed by atoms with van der Waals surface area (Å²) in [6.45, 7) is 1.46. The van der Waals surface area contributed by atoms with Crippen molar-refractivity contribution in [3.8, 4) is 5.75 Å². The average molecular weight is 253 g/mol. The van der Waals surface area contributed by atoms with Gasteiger partial charge in [0.15, 0.2) is 9.84 Å². The predicted molar refractivity (Wildman–Crippen MR) is 66.3 cm³/mol. The molecule has 0 atom stereocenters. The molecule has 92 valence electrons. The van der Waals surface area contributed by atoms with Crippen molar-refractivity contribution in [2.75, 3.05) is 30.0 Å². The van der Waals surface area contributed by atoms with Gasteiger partial charge < -0.3 is 10.1 Å². The second-order valence-electron chi connectivity index (χ2n) is 4.71. The Balaban J connectivity index is 1.65. The first-order valence-corrected chi connectivity index (χ1v) is 7.65. The number of rotatable bonds is 3. The summed E-state index contributed by atoms with van der Waals surface area (Å²) in [6.07, 6.45) is 0.981. The molecule has 0 aliphatic carbocycles. The Hall–Kier alpha value is -1.23. The number of ether oxygens (including phenoxy) is 1. The highest BCUT2D eigenvalue weighted by Gasteiger charge is 2.33. The SMILES string of the molecule is O=S1(=O)CC(COc2cccc3c2CCN3)C1. The topological polar surface area (TPSA) is 55.4 Å². The minimum atomic E-state index is -2.74. The van der Waals surface area contributed by atoms with Crippen LogP contribution in [0.3, 0.4) is 0 Å². The van der Waals surface area contributed by atoms with Gasteiger partial charge in [0.25, 0.3) is 0 Å². The number of sulfone groups is 1. The second-order valence-corrected chi connectivity index (χ2v) is 6.87. The van der Waals surface area contributed by atoms with E-state index in [9.17, 15) is 8.42 Å². The van der Waals surface area contributed by atoms with Gasteiger partial charge in [-0.25, -0.2) is 8.42 Å². The van der Waals surface area contributed by atoms with Gasteiger partial charge in [-0.2, -0.15) is 0 Å². The molecule has 1 fully saturated rings. The van der Waals surface area contributed by atoms with Crippen LogP contribution in [-0.4, -0.2) is 33.1 Å². The third-order valence-corrected chi connectivity index (χ3v) is 5.24. The Labute approximate surface area is 101 Å². The molecule has 0 unspecified atom stereocenters. The molecule has 0 spiro atoms. The third kappa shape index (κ3) is 2.11. The van der Waals surface area contributed by atoms with Gasteiger partial charge >= 0.3 is 0 Å². The van der Waals surface area contributed by atoms with Gasteiger partial charge in [0.05, 0.1) is 18.1 Å². The summed E-state index contributed by atoms with van der Waals surface area (Å²) in [7, 11) is -2.74. The van der Waals surface area contributed by atoms with Gasteiger partial charge in [0, 0.05) is 23.7 Å². The molecule has 17 heavy (non-hydrogen) atoms. The van der Waals surface area contributed by atoms with E-state index in [1.165, 1.54) is 5.56 Å². The Morgan fingerprint density at radius 1 is 1.35 bits per heavy atom. The van der Waals surface area contributed by atoms with E-state index in [0.29, 0.717) is 6.61 Å². The third-order valence-electron chi connectivity index (χ3n) is 3.28. The zero-order valence-corrected chi connectivity index (χ0v) is 10.3. The lowest BCUT2D eigenvalue weighted by atomic mass is 10.1. The number of benzene rings is 1. The molecule has 2 aliphatic rings. The number of hydrogen-bond acceptors (Lipinski definition) is 4. The van der Waals surface area contributed by atoms with Gasteiger partial charge in [0.2, 0.25) is 0 Å². The number of anilines is 1. The molecule has 0 amide bonds. The van der Waals surface area contributed by atoms with E-state index in [0.717, 1.165) is 24.4 Å². The monoisotopic (exact) mass is 253 g/mol. The molecule has 0 bridgehead atoms. The van der Waals surface area contributed by atoms with Crippen LogP contribution in [0.1, 0.15) is 5.56 Å². The molecule has 1 N–H and O–H groups in total. The molecular formula is C12H15NO3S. The zero-order chi connectivity index (χ0) is 11.9. The minimum Gasteiger partial charge on any atom is -0.493 e. The molecule has 1 aromatic carbocycles. The maximum Gasteiger partial charge on any atom is 0.151 e. The van der Waals surface area contributed by atoms with Crippen LogP contribution in [0.5, 0.6) is 5.75 Å². The molecule has 2 heterocycles. The molecular weight excluding hydrogens is 238 g/mol. The summed E-state index contributed by atoms with van der Waals surface area (Å²) in [5.41, 5.74) is 2.36. The molecule has 0 aromatic heterocycles. The standard InChI is InChI=1S/C12H15NO3S/c14-17(15)7-9(8-17)6-16-12-3-1-2-11-10(12)4-5-13-11/h1-3,9,13H,4-8H2. The van der Waals surface area contributed by atoms with Gasteiger partial charge in [-0.05, 0) is 18.6 Å². The van der Waals surface area contributed by atoms with Crippen LogP contribution in [0.2, 0.25) is 0 Å². The maximum atomic E-state index is 11.0. The number of hydrogen-bond donors (Lipinski definition) is 1.